The molecule has 0 aliphatic carbocycles. The predicted molar refractivity (Wildman–Crippen MR) is 62.1 cm³/mol. The number of H-pyrrole nitrogens is 1. The lowest BCUT2D eigenvalue weighted by molar-refractivity contribution is -0.378. The van der Waals surface area contributed by atoms with Crippen LogP contribution in [-0.2, 0) is 10.1 Å². The van der Waals surface area contributed by atoms with Crippen LogP contribution in [0.5, 0.6) is 0 Å². The predicted octanol–water partition coefficient (Wildman–Crippen LogP) is 1.54. The number of rotatable bonds is 1. The van der Waals surface area contributed by atoms with Crippen molar-refractivity contribution in [2.75, 3.05) is 0 Å². The first-order valence-electron chi connectivity index (χ1n) is 5.04. The first kappa shape index (κ1) is 14.3. The maximum absolute atomic E-state index is 11.9. The van der Waals surface area contributed by atoms with Gasteiger partial charge in [0.05, 0.1) is 4.90 Å². The smallest absolute Gasteiger partial charge is 0.169 e. The van der Waals surface area contributed by atoms with Gasteiger partial charge >= 0.3 is 0 Å². The van der Waals surface area contributed by atoms with E-state index in [4.69, 9.17) is 0 Å². The van der Waals surface area contributed by atoms with Crippen molar-refractivity contribution in [3.63, 3.8) is 0 Å². The molecule has 0 fully saturated rings. The number of benzene rings is 1. The third-order valence-electron chi connectivity index (χ3n) is 1.99. The lowest BCUT2D eigenvalue weighted by atomic mass is 10.2. The summed E-state index contributed by atoms with van der Waals surface area (Å²) in [5, 5.41) is 0. The van der Waals surface area contributed by atoms with Crippen LogP contribution < -0.4 is 4.98 Å². The van der Waals surface area contributed by atoms with Gasteiger partial charge in [-0.25, -0.2) is 17.8 Å². The molecule has 0 saturated heterocycles. The molecule has 0 radical (unpaired) electrons. The fourth-order valence-corrected chi connectivity index (χ4v) is 1.54. The van der Waals surface area contributed by atoms with Crippen LogP contribution in [0.3, 0.4) is 0 Å². The Labute approximate surface area is 105 Å². The van der Waals surface area contributed by atoms with E-state index in [0.717, 1.165) is 5.56 Å². The number of hydrogen-bond acceptors (Lipinski definition) is 3. The summed E-state index contributed by atoms with van der Waals surface area (Å²) in [6.07, 6.45) is 3.07. The van der Waals surface area contributed by atoms with E-state index in [9.17, 15) is 17.4 Å². The number of halogens is 1. The topological polar surface area (TPSA) is 71.3 Å². The van der Waals surface area contributed by atoms with Gasteiger partial charge in [0, 0.05) is 12.1 Å². The van der Waals surface area contributed by atoms with Crippen LogP contribution in [0.2, 0.25) is 0 Å². The second kappa shape index (κ2) is 6.23. The number of aryl methyl sites for hydroxylation is 1. The zero-order valence-corrected chi connectivity index (χ0v) is 10.4. The molecule has 0 aliphatic rings. The number of nitrogens with one attached hydrogen (secondary N) is 1. The molecule has 0 aliphatic heterocycles. The van der Waals surface area contributed by atoms with Gasteiger partial charge < -0.3 is 4.55 Å². The highest BCUT2D eigenvalue weighted by Crippen LogP contribution is 2.08. The van der Waals surface area contributed by atoms with E-state index >= 15 is 0 Å². The van der Waals surface area contributed by atoms with E-state index in [0.29, 0.717) is 0 Å². The molecular weight excluding hydrogens is 257 g/mol. The Morgan fingerprint density at radius 3 is 1.89 bits per heavy atom. The summed E-state index contributed by atoms with van der Waals surface area (Å²) in [4.78, 5) is 2.52. The maximum Gasteiger partial charge on any atom is 0.169 e. The zero-order valence-electron chi connectivity index (χ0n) is 9.63. The molecule has 2 rings (SSSR count). The minimum absolute atomic E-state index is 0.178. The van der Waals surface area contributed by atoms with E-state index in [1.165, 1.54) is 36.7 Å². The Balaban J connectivity index is 0.000000199. The first-order valence-corrected chi connectivity index (χ1v) is 6.44. The van der Waals surface area contributed by atoms with Gasteiger partial charge in [-0.15, -0.1) is 0 Å². The number of aromatic amines is 1. The van der Waals surface area contributed by atoms with Crippen LogP contribution in [-0.4, -0.2) is 13.0 Å². The van der Waals surface area contributed by atoms with Crippen LogP contribution in [0.4, 0.5) is 4.39 Å². The van der Waals surface area contributed by atoms with Crippen LogP contribution in [0, 0.1) is 12.7 Å². The van der Waals surface area contributed by atoms with Gasteiger partial charge in [0.2, 0.25) is 0 Å². The summed E-state index contributed by atoms with van der Waals surface area (Å²) in [5.74, 6) is -0.209. The van der Waals surface area contributed by atoms with Gasteiger partial charge in [-0.1, -0.05) is 17.7 Å². The molecule has 0 amide bonds. The van der Waals surface area contributed by atoms with Crippen LogP contribution >= 0.6 is 0 Å². The van der Waals surface area contributed by atoms with Gasteiger partial charge in [-0.2, -0.15) is 0 Å². The lowest BCUT2D eigenvalue weighted by Crippen LogP contribution is -1.97. The van der Waals surface area contributed by atoms with Crippen molar-refractivity contribution in [2.45, 2.75) is 11.8 Å². The molecule has 18 heavy (non-hydrogen) atoms. The van der Waals surface area contributed by atoms with Crippen LogP contribution in [0.15, 0.2) is 53.7 Å². The Morgan fingerprint density at radius 2 is 1.56 bits per heavy atom. The molecule has 96 valence electrons. The van der Waals surface area contributed by atoms with Crippen molar-refractivity contribution in [3.8, 4) is 0 Å². The third-order valence-corrected chi connectivity index (χ3v) is 2.84. The van der Waals surface area contributed by atoms with Crippen LogP contribution in [0.1, 0.15) is 5.56 Å². The zero-order chi connectivity index (χ0) is 13.6. The Morgan fingerprint density at radius 1 is 1.06 bits per heavy atom. The van der Waals surface area contributed by atoms with Gasteiger partial charge in [-0.05, 0) is 19.1 Å². The van der Waals surface area contributed by atoms with E-state index < -0.39 is 10.1 Å². The van der Waals surface area contributed by atoms with E-state index in [1.807, 2.05) is 6.92 Å². The average Bonchev–Trinajstić information content (AvgIpc) is 2.30. The Kier molecular flexibility index (Phi) is 4.94. The number of pyridine rings is 1. The summed E-state index contributed by atoms with van der Waals surface area (Å²) in [6, 6.07) is 8.50. The van der Waals surface area contributed by atoms with Gasteiger partial charge in [0.1, 0.15) is 15.9 Å². The molecule has 4 nitrogen and oxygen atoms in total. The normalized spacial score (nSPS) is 10.4. The average molecular weight is 269 g/mol. The molecule has 1 aromatic carbocycles. The van der Waals surface area contributed by atoms with E-state index in [-0.39, 0.29) is 10.7 Å². The molecule has 1 N–H and O–H groups in total. The highest BCUT2D eigenvalue weighted by atomic mass is 32.2. The summed E-state index contributed by atoms with van der Waals surface area (Å²) in [5.41, 5.74) is 0.928. The molecule has 0 bridgehead atoms. The molecule has 0 unspecified atom stereocenters. The molecule has 1 heterocycles. The molecule has 6 heteroatoms. The standard InChI is InChI=1S/C7H8O3S.C5H4FN/c1-6-2-4-7(5-3-6)11(8,9)10;6-5-1-3-7-4-2-5/h2-5H,1H3,(H,8,9,10);1-4H. The van der Waals surface area contributed by atoms with Gasteiger partial charge in [-0.3, -0.25) is 0 Å². The van der Waals surface area contributed by atoms with E-state index in [1.54, 1.807) is 12.1 Å². The highest BCUT2D eigenvalue weighted by Gasteiger charge is 1.97. The van der Waals surface area contributed by atoms with Gasteiger partial charge in [0.15, 0.2) is 12.4 Å². The largest absolute Gasteiger partial charge is 0.744 e. The first-order chi connectivity index (χ1) is 8.39. The van der Waals surface area contributed by atoms with Crippen molar-refractivity contribution in [1.82, 2.24) is 0 Å². The Bertz CT molecular complexity index is 582. The molecule has 0 atom stereocenters. The molecular formula is C12H12FNO3S. The number of hydrogen-bond donors (Lipinski definition) is 0. The van der Waals surface area contributed by atoms with Gasteiger partial charge in [0.25, 0.3) is 0 Å². The van der Waals surface area contributed by atoms with Crippen molar-refractivity contribution < 1.29 is 22.3 Å². The third kappa shape index (κ3) is 5.03. The SMILES string of the molecule is Cc1ccc(S(=O)(=O)[O-])cc1.Fc1cc[nH+]cc1. The van der Waals surface area contributed by atoms with Crippen molar-refractivity contribution in [1.29, 1.82) is 0 Å². The molecule has 2 aromatic rings. The van der Waals surface area contributed by atoms with E-state index in [2.05, 4.69) is 4.98 Å². The quantitative estimate of drug-likeness (QED) is 0.737. The van der Waals surface area contributed by atoms with Crippen LogP contribution in [0.25, 0.3) is 0 Å². The number of aromatic nitrogens is 1. The monoisotopic (exact) mass is 269 g/mol. The minimum Gasteiger partial charge on any atom is -0.744 e. The molecule has 0 saturated carbocycles. The summed E-state index contributed by atoms with van der Waals surface area (Å²) >= 11 is 0. The lowest BCUT2D eigenvalue weighted by Gasteiger charge is -2.05. The molecule has 0 spiro atoms. The summed E-state index contributed by atoms with van der Waals surface area (Å²) in [6.45, 7) is 1.82. The Hall–Kier alpha value is -1.79. The second-order valence-corrected chi connectivity index (χ2v) is 4.87. The molecule has 1 aromatic heterocycles. The van der Waals surface area contributed by atoms with Crippen molar-refractivity contribution in [3.05, 3.63) is 60.2 Å². The fraction of sp³-hybridized carbons (Fsp3) is 0.0833. The fourth-order valence-electron chi connectivity index (χ4n) is 1.07. The minimum atomic E-state index is -4.27. The maximum atomic E-state index is 11.9. The summed E-state index contributed by atoms with van der Waals surface area (Å²) < 4.78 is 43.1. The highest BCUT2D eigenvalue weighted by molar-refractivity contribution is 7.85. The summed E-state index contributed by atoms with van der Waals surface area (Å²) in [7, 11) is -4.27. The van der Waals surface area contributed by atoms with Crippen molar-refractivity contribution in [2.24, 2.45) is 0 Å². The van der Waals surface area contributed by atoms with Crippen molar-refractivity contribution >= 4 is 10.1 Å². The second-order valence-electron chi connectivity index (χ2n) is 3.49.